The molecule has 1 unspecified atom stereocenters. The quantitative estimate of drug-likeness (QED) is 0.746. The largest absolute Gasteiger partial charge is 0.355 e. The third kappa shape index (κ3) is 1.97. The van der Waals surface area contributed by atoms with E-state index in [1.54, 1.807) is 6.07 Å². The molecule has 0 saturated carbocycles. The molecule has 0 spiro atoms. The fraction of sp³-hybridized carbons (Fsp3) is 0.364. The zero-order valence-electron chi connectivity index (χ0n) is 8.31. The van der Waals surface area contributed by atoms with Crippen molar-refractivity contribution < 1.29 is 4.79 Å². The van der Waals surface area contributed by atoms with Crippen molar-refractivity contribution in [3.8, 4) is 0 Å². The van der Waals surface area contributed by atoms with Crippen LogP contribution in [0.3, 0.4) is 0 Å². The first-order valence-electron chi connectivity index (χ1n) is 4.85. The number of hydrogen-bond acceptors (Lipinski definition) is 1. The molecule has 1 aromatic rings. The maximum Gasteiger partial charge on any atom is 0.227 e. The number of carbonyl (C=O) groups excluding carboxylic acids is 1. The van der Waals surface area contributed by atoms with E-state index < -0.39 is 0 Å². The summed E-state index contributed by atoms with van der Waals surface area (Å²) in [5.41, 5.74) is 1.98. The molecule has 0 aliphatic carbocycles. The Morgan fingerprint density at radius 2 is 2.13 bits per heavy atom. The van der Waals surface area contributed by atoms with E-state index in [-0.39, 0.29) is 11.8 Å². The van der Waals surface area contributed by atoms with Crippen LogP contribution in [0.25, 0.3) is 0 Å². The Hall–Kier alpha value is -0.730. The molecule has 2 nitrogen and oxygen atoms in total. The lowest BCUT2D eigenvalue weighted by Gasteiger charge is -2.12. The Kier molecular flexibility index (Phi) is 2.89. The number of hydrogen-bond donors (Lipinski definition) is 1. The zero-order chi connectivity index (χ0) is 11.0. The van der Waals surface area contributed by atoms with Gasteiger partial charge in [-0.3, -0.25) is 4.79 Å². The highest BCUT2D eigenvalue weighted by molar-refractivity contribution is 6.35. The summed E-state index contributed by atoms with van der Waals surface area (Å²) in [6.45, 7) is 2.50. The standard InChI is InChI=1S/C11H11Cl2NO/c1-6-9-4-7(12)5-10(13)8(9)2-3-14-11(6)15/h4-6H,2-3H2,1H3,(H,14,15). The average Bonchev–Trinajstić information content (AvgIpc) is 2.30. The molecule has 1 heterocycles. The molecular weight excluding hydrogens is 233 g/mol. The number of benzene rings is 1. The second kappa shape index (κ2) is 4.03. The van der Waals surface area contributed by atoms with Gasteiger partial charge in [-0.05, 0) is 36.6 Å². The minimum Gasteiger partial charge on any atom is -0.355 e. The van der Waals surface area contributed by atoms with Crippen LogP contribution in [0.15, 0.2) is 12.1 Å². The summed E-state index contributed by atoms with van der Waals surface area (Å²) in [5, 5.41) is 4.08. The summed E-state index contributed by atoms with van der Waals surface area (Å²) in [6, 6.07) is 3.56. The molecule has 1 amide bonds. The molecule has 0 fully saturated rings. The van der Waals surface area contributed by atoms with Crippen molar-refractivity contribution in [3.05, 3.63) is 33.3 Å². The minimum atomic E-state index is -0.182. The smallest absolute Gasteiger partial charge is 0.227 e. The highest BCUT2D eigenvalue weighted by Crippen LogP contribution is 2.31. The molecule has 1 atom stereocenters. The summed E-state index contributed by atoms with van der Waals surface area (Å²) in [6.07, 6.45) is 0.765. The highest BCUT2D eigenvalue weighted by Gasteiger charge is 2.23. The third-order valence-corrected chi connectivity index (χ3v) is 3.28. The van der Waals surface area contributed by atoms with Crippen molar-refractivity contribution in [1.29, 1.82) is 0 Å². The van der Waals surface area contributed by atoms with E-state index in [0.717, 1.165) is 17.5 Å². The highest BCUT2D eigenvalue weighted by atomic mass is 35.5. The van der Waals surface area contributed by atoms with Crippen LogP contribution in [0.2, 0.25) is 10.0 Å². The first kappa shape index (κ1) is 10.8. The second-order valence-corrected chi connectivity index (χ2v) is 4.56. The number of fused-ring (bicyclic) bond motifs is 1. The van der Waals surface area contributed by atoms with Crippen LogP contribution in [-0.2, 0) is 11.2 Å². The van der Waals surface area contributed by atoms with Crippen LogP contribution in [0.5, 0.6) is 0 Å². The van der Waals surface area contributed by atoms with Crippen LogP contribution >= 0.6 is 23.2 Å². The molecule has 0 saturated heterocycles. The number of nitrogens with one attached hydrogen (secondary N) is 1. The maximum atomic E-state index is 11.6. The van der Waals surface area contributed by atoms with Crippen molar-refractivity contribution in [2.24, 2.45) is 0 Å². The van der Waals surface area contributed by atoms with Crippen molar-refractivity contribution in [2.45, 2.75) is 19.3 Å². The first-order valence-corrected chi connectivity index (χ1v) is 5.60. The van der Waals surface area contributed by atoms with Gasteiger partial charge in [0.25, 0.3) is 0 Å². The Morgan fingerprint density at radius 1 is 1.40 bits per heavy atom. The Labute approximate surface area is 98.6 Å². The van der Waals surface area contributed by atoms with Gasteiger partial charge in [0.05, 0.1) is 5.92 Å². The van der Waals surface area contributed by atoms with Crippen molar-refractivity contribution in [1.82, 2.24) is 5.32 Å². The number of halogens is 2. The lowest BCUT2D eigenvalue weighted by atomic mass is 9.95. The molecule has 1 aromatic carbocycles. The predicted octanol–water partition coefficient (Wildman–Crippen LogP) is 2.77. The monoisotopic (exact) mass is 243 g/mol. The van der Waals surface area contributed by atoms with Crippen LogP contribution in [0, 0.1) is 0 Å². The lowest BCUT2D eigenvalue weighted by molar-refractivity contribution is -0.121. The lowest BCUT2D eigenvalue weighted by Crippen LogP contribution is -2.26. The van der Waals surface area contributed by atoms with Gasteiger partial charge < -0.3 is 5.32 Å². The molecule has 0 aromatic heterocycles. The minimum absolute atomic E-state index is 0.0343. The van der Waals surface area contributed by atoms with Crippen LogP contribution in [0.4, 0.5) is 0 Å². The number of rotatable bonds is 0. The van der Waals surface area contributed by atoms with E-state index >= 15 is 0 Å². The fourth-order valence-electron chi connectivity index (χ4n) is 1.88. The number of amides is 1. The summed E-state index contributed by atoms with van der Waals surface area (Å²) < 4.78 is 0. The van der Waals surface area contributed by atoms with E-state index in [2.05, 4.69) is 5.32 Å². The molecular formula is C11H11Cl2NO. The Balaban J connectivity index is 2.58. The van der Waals surface area contributed by atoms with Gasteiger partial charge in [0.1, 0.15) is 0 Å². The van der Waals surface area contributed by atoms with Crippen molar-refractivity contribution >= 4 is 29.1 Å². The van der Waals surface area contributed by atoms with Crippen LogP contribution < -0.4 is 5.32 Å². The average molecular weight is 244 g/mol. The van der Waals surface area contributed by atoms with Crippen LogP contribution in [0.1, 0.15) is 24.0 Å². The van der Waals surface area contributed by atoms with E-state index in [4.69, 9.17) is 23.2 Å². The van der Waals surface area contributed by atoms with Gasteiger partial charge >= 0.3 is 0 Å². The Morgan fingerprint density at radius 3 is 2.87 bits per heavy atom. The summed E-state index contributed by atoms with van der Waals surface area (Å²) in [7, 11) is 0. The molecule has 2 rings (SSSR count). The van der Waals surface area contributed by atoms with Crippen molar-refractivity contribution in [2.75, 3.05) is 6.54 Å². The van der Waals surface area contributed by atoms with E-state index in [9.17, 15) is 4.79 Å². The van der Waals surface area contributed by atoms with Gasteiger partial charge in [-0.25, -0.2) is 0 Å². The summed E-state index contributed by atoms with van der Waals surface area (Å²) in [4.78, 5) is 11.6. The first-order chi connectivity index (χ1) is 7.09. The van der Waals surface area contributed by atoms with E-state index in [1.165, 1.54) is 0 Å². The zero-order valence-corrected chi connectivity index (χ0v) is 9.82. The third-order valence-electron chi connectivity index (χ3n) is 2.73. The van der Waals surface area contributed by atoms with Gasteiger partial charge in [0, 0.05) is 16.6 Å². The van der Waals surface area contributed by atoms with E-state index in [1.807, 2.05) is 13.0 Å². The molecule has 0 radical (unpaired) electrons. The van der Waals surface area contributed by atoms with Gasteiger partial charge in [0.15, 0.2) is 0 Å². The molecule has 1 aliphatic rings. The van der Waals surface area contributed by atoms with Gasteiger partial charge in [-0.2, -0.15) is 0 Å². The normalized spacial score (nSPS) is 20.5. The topological polar surface area (TPSA) is 29.1 Å². The molecule has 0 bridgehead atoms. The molecule has 1 N–H and O–H groups in total. The molecule has 4 heteroatoms. The van der Waals surface area contributed by atoms with E-state index in [0.29, 0.717) is 16.6 Å². The summed E-state index contributed by atoms with van der Waals surface area (Å²) >= 11 is 12.0. The van der Waals surface area contributed by atoms with Crippen molar-refractivity contribution in [3.63, 3.8) is 0 Å². The second-order valence-electron chi connectivity index (χ2n) is 3.72. The predicted molar refractivity (Wildman–Crippen MR) is 61.6 cm³/mol. The summed E-state index contributed by atoms with van der Waals surface area (Å²) in [5.74, 6) is -0.147. The van der Waals surface area contributed by atoms with Gasteiger partial charge in [-0.1, -0.05) is 23.2 Å². The fourth-order valence-corrected chi connectivity index (χ4v) is 2.48. The maximum absolute atomic E-state index is 11.6. The SMILES string of the molecule is CC1C(=O)NCCc2c(Cl)cc(Cl)cc21. The number of carbonyl (C=O) groups is 1. The molecule has 1 aliphatic heterocycles. The van der Waals surface area contributed by atoms with Crippen LogP contribution in [-0.4, -0.2) is 12.5 Å². The molecule has 15 heavy (non-hydrogen) atoms. The van der Waals surface area contributed by atoms with Gasteiger partial charge in [-0.15, -0.1) is 0 Å². The Bertz CT molecular complexity index is 417. The molecule has 80 valence electrons. The van der Waals surface area contributed by atoms with Gasteiger partial charge in [0.2, 0.25) is 5.91 Å².